The van der Waals surface area contributed by atoms with Crippen molar-refractivity contribution in [3.8, 4) is 0 Å². The lowest BCUT2D eigenvalue weighted by Gasteiger charge is -2.19. The van der Waals surface area contributed by atoms with Crippen LogP contribution in [0, 0.1) is 0 Å². The highest BCUT2D eigenvalue weighted by molar-refractivity contribution is 6.33. The summed E-state index contributed by atoms with van der Waals surface area (Å²) in [5.41, 5.74) is -0.209. The number of nitrogens with zero attached hydrogens (tertiary/aromatic N) is 1. The number of hydrogen-bond acceptors (Lipinski definition) is 3. The number of imide groups is 1. The second kappa shape index (κ2) is 6.20. The summed E-state index contributed by atoms with van der Waals surface area (Å²) in [7, 11) is 0. The molecule has 0 atom stereocenters. The summed E-state index contributed by atoms with van der Waals surface area (Å²) in [6.45, 7) is 0.0721. The second-order valence-corrected chi connectivity index (χ2v) is 6.36. The lowest BCUT2D eigenvalue weighted by molar-refractivity contribution is -0.131. The summed E-state index contributed by atoms with van der Waals surface area (Å²) in [4.78, 5) is 37.6. The van der Waals surface area contributed by atoms with E-state index in [9.17, 15) is 14.4 Å². The molecule has 2 N–H and O–H groups in total. The number of anilines is 1. The SMILES string of the molecule is O=C(CCN1C(=O)NC2(CCCC2)C1=O)Nc1ccccc1Cl. The highest BCUT2D eigenvalue weighted by Crippen LogP contribution is 2.35. The number of halogens is 1. The highest BCUT2D eigenvalue weighted by atomic mass is 35.5. The normalized spacial score (nSPS) is 19.3. The molecule has 0 aromatic heterocycles. The molecule has 7 heteroatoms. The average Bonchev–Trinajstić information content (AvgIpc) is 3.07. The van der Waals surface area contributed by atoms with Crippen LogP contribution in [0.1, 0.15) is 32.1 Å². The van der Waals surface area contributed by atoms with E-state index in [4.69, 9.17) is 11.6 Å². The van der Waals surface area contributed by atoms with Crippen molar-refractivity contribution in [1.29, 1.82) is 0 Å². The summed E-state index contributed by atoms with van der Waals surface area (Å²) < 4.78 is 0. The first-order valence-electron chi connectivity index (χ1n) is 7.70. The maximum atomic E-state index is 12.5. The monoisotopic (exact) mass is 335 g/mol. The number of carbonyl (C=O) groups excluding carboxylic acids is 3. The fourth-order valence-corrected chi connectivity index (χ4v) is 3.37. The van der Waals surface area contributed by atoms with Crippen molar-refractivity contribution >= 4 is 35.1 Å². The van der Waals surface area contributed by atoms with Crippen molar-refractivity contribution in [2.45, 2.75) is 37.6 Å². The van der Waals surface area contributed by atoms with Gasteiger partial charge in [0.15, 0.2) is 0 Å². The van der Waals surface area contributed by atoms with E-state index in [2.05, 4.69) is 10.6 Å². The molecule has 2 fully saturated rings. The van der Waals surface area contributed by atoms with Gasteiger partial charge in [-0.25, -0.2) is 4.79 Å². The molecular formula is C16H18ClN3O3. The Hall–Kier alpha value is -2.08. The van der Waals surface area contributed by atoms with Crippen molar-refractivity contribution in [3.63, 3.8) is 0 Å². The van der Waals surface area contributed by atoms with Crippen molar-refractivity contribution in [2.24, 2.45) is 0 Å². The molecule has 2 aliphatic rings. The Morgan fingerprint density at radius 2 is 1.96 bits per heavy atom. The Bertz CT molecular complexity index is 656. The van der Waals surface area contributed by atoms with E-state index in [1.165, 1.54) is 0 Å². The van der Waals surface area contributed by atoms with Gasteiger partial charge in [0.25, 0.3) is 5.91 Å². The zero-order valence-electron chi connectivity index (χ0n) is 12.6. The molecule has 4 amide bonds. The molecule has 1 aliphatic carbocycles. The molecule has 1 saturated carbocycles. The molecule has 122 valence electrons. The smallest absolute Gasteiger partial charge is 0.325 e. The van der Waals surface area contributed by atoms with Gasteiger partial charge in [0.05, 0.1) is 10.7 Å². The lowest BCUT2D eigenvalue weighted by Crippen LogP contribution is -2.44. The van der Waals surface area contributed by atoms with Crippen molar-refractivity contribution in [3.05, 3.63) is 29.3 Å². The first-order chi connectivity index (χ1) is 11.0. The number of para-hydroxylation sites is 1. The van der Waals surface area contributed by atoms with E-state index in [0.717, 1.165) is 17.7 Å². The van der Waals surface area contributed by atoms with Gasteiger partial charge in [0.1, 0.15) is 5.54 Å². The minimum atomic E-state index is -0.726. The van der Waals surface area contributed by atoms with Crippen LogP contribution in [0.3, 0.4) is 0 Å². The Kier molecular flexibility index (Phi) is 4.26. The molecule has 0 radical (unpaired) electrons. The second-order valence-electron chi connectivity index (χ2n) is 5.95. The molecule has 1 saturated heterocycles. The third-order valence-corrected chi connectivity index (χ3v) is 4.74. The molecule has 23 heavy (non-hydrogen) atoms. The van der Waals surface area contributed by atoms with Crippen LogP contribution in [0.4, 0.5) is 10.5 Å². The van der Waals surface area contributed by atoms with Gasteiger partial charge >= 0.3 is 6.03 Å². The molecule has 0 bridgehead atoms. The predicted octanol–water partition coefficient (Wildman–Crippen LogP) is 2.53. The van der Waals surface area contributed by atoms with E-state index in [-0.39, 0.29) is 24.8 Å². The molecule has 3 rings (SSSR count). The third-order valence-electron chi connectivity index (χ3n) is 4.41. The minimum absolute atomic E-state index is 0.0421. The number of carbonyl (C=O) groups is 3. The molecular weight excluding hydrogens is 318 g/mol. The van der Waals surface area contributed by atoms with E-state index in [0.29, 0.717) is 23.6 Å². The molecule has 1 aliphatic heterocycles. The fraction of sp³-hybridized carbons (Fsp3) is 0.438. The Morgan fingerprint density at radius 1 is 1.26 bits per heavy atom. The van der Waals surface area contributed by atoms with Gasteiger partial charge in [-0.1, -0.05) is 36.6 Å². The average molecular weight is 336 g/mol. The number of hydrogen-bond donors (Lipinski definition) is 2. The zero-order chi connectivity index (χ0) is 16.4. The molecule has 1 aromatic rings. The quantitative estimate of drug-likeness (QED) is 0.830. The van der Waals surface area contributed by atoms with Crippen LogP contribution >= 0.6 is 11.6 Å². The Balaban J connectivity index is 1.58. The molecule has 1 aromatic carbocycles. The summed E-state index contributed by atoms with van der Waals surface area (Å²) in [6.07, 6.45) is 3.28. The van der Waals surface area contributed by atoms with Gasteiger partial charge in [-0.3, -0.25) is 14.5 Å². The fourth-order valence-electron chi connectivity index (χ4n) is 3.19. The minimum Gasteiger partial charge on any atom is -0.325 e. The van der Waals surface area contributed by atoms with Crippen LogP contribution in [0.25, 0.3) is 0 Å². The number of nitrogens with one attached hydrogen (secondary N) is 2. The van der Waals surface area contributed by atoms with Gasteiger partial charge in [0.2, 0.25) is 5.91 Å². The number of urea groups is 1. The van der Waals surface area contributed by atoms with Gasteiger partial charge in [-0.05, 0) is 25.0 Å². The summed E-state index contributed by atoms with van der Waals surface area (Å²) in [5, 5.41) is 5.93. The van der Waals surface area contributed by atoms with Crippen LogP contribution in [0.15, 0.2) is 24.3 Å². The van der Waals surface area contributed by atoms with Crippen LogP contribution in [-0.4, -0.2) is 34.8 Å². The summed E-state index contributed by atoms with van der Waals surface area (Å²) >= 11 is 5.98. The van der Waals surface area contributed by atoms with Crippen LogP contribution in [0.2, 0.25) is 5.02 Å². The molecule has 0 unspecified atom stereocenters. The maximum Gasteiger partial charge on any atom is 0.325 e. The zero-order valence-corrected chi connectivity index (χ0v) is 13.4. The molecule has 1 heterocycles. The predicted molar refractivity (Wildman–Crippen MR) is 86.1 cm³/mol. The maximum absolute atomic E-state index is 12.5. The van der Waals surface area contributed by atoms with Crippen LogP contribution < -0.4 is 10.6 Å². The van der Waals surface area contributed by atoms with E-state index in [1.807, 2.05) is 0 Å². The summed E-state index contributed by atoms with van der Waals surface area (Å²) in [5.74, 6) is -0.489. The van der Waals surface area contributed by atoms with Crippen molar-refractivity contribution in [1.82, 2.24) is 10.2 Å². The summed E-state index contributed by atoms with van der Waals surface area (Å²) in [6, 6.07) is 6.51. The molecule has 1 spiro atoms. The number of amides is 4. The Morgan fingerprint density at radius 3 is 2.65 bits per heavy atom. The number of rotatable bonds is 4. The standard InChI is InChI=1S/C16H18ClN3O3/c17-11-5-1-2-6-12(11)18-13(21)7-10-20-14(22)16(19-15(20)23)8-3-4-9-16/h1-2,5-6H,3-4,7-10H2,(H,18,21)(H,19,23). The molecule has 6 nitrogen and oxygen atoms in total. The van der Waals surface area contributed by atoms with Gasteiger partial charge in [-0.2, -0.15) is 0 Å². The topological polar surface area (TPSA) is 78.5 Å². The largest absolute Gasteiger partial charge is 0.325 e. The van der Waals surface area contributed by atoms with Gasteiger partial charge in [-0.15, -0.1) is 0 Å². The third kappa shape index (κ3) is 3.03. The van der Waals surface area contributed by atoms with Crippen molar-refractivity contribution < 1.29 is 14.4 Å². The van der Waals surface area contributed by atoms with Crippen LogP contribution in [0.5, 0.6) is 0 Å². The van der Waals surface area contributed by atoms with E-state index in [1.54, 1.807) is 24.3 Å². The van der Waals surface area contributed by atoms with Gasteiger partial charge in [0, 0.05) is 13.0 Å². The van der Waals surface area contributed by atoms with E-state index < -0.39 is 11.6 Å². The highest BCUT2D eigenvalue weighted by Gasteiger charge is 2.52. The Labute approximate surface area is 139 Å². The lowest BCUT2D eigenvalue weighted by atomic mass is 9.98. The first kappa shape index (κ1) is 15.8. The van der Waals surface area contributed by atoms with Crippen molar-refractivity contribution in [2.75, 3.05) is 11.9 Å². The van der Waals surface area contributed by atoms with Crippen LogP contribution in [-0.2, 0) is 9.59 Å². The first-order valence-corrected chi connectivity index (χ1v) is 8.08. The van der Waals surface area contributed by atoms with E-state index >= 15 is 0 Å². The number of benzene rings is 1. The van der Waals surface area contributed by atoms with Gasteiger partial charge < -0.3 is 10.6 Å².